The average molecular weight is 266 g/mol. The standard InChI is InChI=1S/C12H9F3N4/c13-12(14,15)11-7-9(4-5-10(11)8-16)3-1-2-6-18-19-17/h1,3-5,7H,2,6H2. The van der Waals surface area contributed by atoms with Gasteiger partial charge < -0.3 is 0 Å². The van der Waals surface area contributed by atoms with Gasteiger partial charge >= 0.3 is 6.18 Å². The molecular weight excluding hydrogens is 257 g/mol. The van der Waals surface area contributed by atoms with E-state index in [4.69, 9.17) is 10.8 Å². The van der Waals surface area contributed by atoms with Gasteiger partial charge in [0.1, 0.15) is 0 Å². The third kappa shape index (κ3) is 4.37. The number of alkyl halides is 3. The van der Waals surface area contributed by atoms with Gasteiger partial charge in [-0.15, -0.1) is 0 Å². The Morgan fingerprint density at radius 1 is 1.42 bits per heavy atom. The van der Waals surface area contributed by atoms with Gasteiger partial charge in [0.25, 0.3) is 0 Å². The SMILES string of the molecule is N#Cc1ccc(C=CCCN=[N+]=[N-])cc1C(F)(F)F. The zero-order valence-corrected chi connectivity index (χ0v) is 9.72. The summed E-state index contributed by atoms with van der Waals surface area (Å²) in [6.45, 7) is 0.245. The molecule has 98 valence electrons. The van der Waals surface area contributed by atoms with Crippen molar-refractivity contribution in [2.24, 2.45) is 5.11 Å². The largest absolute Gasteiger partial charge is 0.417 e. The Bertz CT molecular complexity index is 563. The second kappa shape index (κ2) is 6.47. The third-order valence-corrected chi connectivity index (χ3v) is 2.24. The number of rotatable bonds is 4. The van der Waals surface area contributed by atoms with Crippen LogP contribution in [0.25, 0.3) is 16.5 Å². The maximum absolute atomic E-state index is 12.7. The molecule has 1 rings (SSSR count). The Hall–Kier alpha value is -2.45. The molecule has 0 fully saturated rings. The summed E-state index contributed by atoms with van der Waals surface area (Å²) in [5, 5.41) is 11.9. The van der Waals surface area contributed by atoms with Crippen LogP contribution < -0.4 is 0 Å². The molecule has 0 N–H and O–H groups in total. The number of nitrogens with zero attached hydrogens (tertiary/aromatic N) is 4. The Morgan fingerprint density at radius 2 is 2.16 bits per heavy atom. The molecule has 0 radical (unpaired) electrons. The Kier molecular flexibility index (Phi) is 4.98. The van der Waals surface area contributed by atoms with Crippen molar-refractivity contribution >= 4 is 6.08 Å². The highest BCUT2D eigenvalue weighted by atomic mass is 19.4. The molecule has 0 bridgehead atoms. The number of azide groups is 1. The molecule has 0 amide bonds. The molecule has 19 heavy (non-hydrogen) atoms. The van der Waals surface area contributed by atoms with Gasteiger partial charge in [0.05, 0.1) is 17.2 Å². The van der Waals surface area contributed by atoms with Gasteiger partial charge in [0, 0.05) is 11.5 Å². The van der Waals surface area contributed by atoms with Crippen LogP contribution in [-0.2, 0) is 6.18 Å². The summed E-state index contributed by atoms with van der Waals surface area (Å²) in [5.41, 5.74) is 7.03. The van der Waals surface area contributed by atoms with Crippen molar-refractivity contribution in [1.29, 1.82) is 5.26 Å². The lowest BCUT2D eigenvalue weighted by Crippen LogP contribution is -2.07. The van der Waals surface area contributed by atoms with E-state index in [0.29, 0.717) is 12.0 Å². The zero-order chi connectivity index (χ0) is 14.3. The van der Waals surface area contributed by atoms with E-state index in [-0.39, 0.29) is 6.54 Å². The van der Waals surface area contributed by atoms with Gasteiger partial charge in [-0.2, -0.15) is 18.4 Å². The lowest BCUT2D eigenvalue weighted by molar-refractivity contribution is -0.137. The molecule has 0 aromatic heterocycles. The van der Waals surface area contributed by atoms with Crippen LogP contribution in [0.15, 0.2) is 29.4 Å². The number of hydrogen-bond acceptors (Lipinski definition) is 2. The monoisotopic (exact) mass is 266 g/mol. The zero-order valence-electron chi connectivity index (χ0n) is 9.72. The third-order valence-electron chi connectivity index (χ3n) is 2.24. The van der Waals surface area contributed by atoms with Crippen LogP contribution in [0, 0.1) is 11.3 Å². The first-order valence-corrected chi connectivity index (χ1v) is 5.28. The fraction of sp³-hybridized carbons (Fsp3) is 0.250. The molecule has 1 aromatic rings. The van der Waals surface area contributed by atoms with Crippen molar-refractivity contribution in [3.63, 3.8) is 0 Å². The summed E-state index contributed by atoms with van der Waals surface area (Å²) in [4.78, 5) is 2.56. The molecule has 0 atom stereocenters. The van der Waals surface area contributed by atoms with Crippen LogP contribution in [-0.4, -0.2) is 6.54 Å². The Morgan fingerprint density at radius 3 is 2.74 bits per heavy atom. The smallest absolute Gasteiger partial charge is 0.192 e. The van der Waals surface area contributed by atoms with Gasteiger partial charge in [-0.3, -0.25) is 0 Å². The Balaban J connectivity index is 2.93. The molecule has 0 unspecified atom stereocenters. The fourth-order valence-electron chi connectivity index (χ4n) is 1.39. The summed E-state index contributed by atoms with van der Waals surface area (Å²) in [6, 6.07) is 5.00. The number of hydrogen-bond donors (Lipinski definition) is 0. The lowest BCUT2D eigenvalue weighted by Gasteiger charge is -2.09. The molecule has 0 spiro atoms. The molecule has 0 aliphatic carbocycles. The maximum Gasteiger partial charge on any atom is 0.417 e. The molecular formula is C12H9F3N4. The summed E-state index contributed by atoms with van der Waals surface area (Å²) in [5.74, 6) is 0. The first-order valence-electron chi connectivity index (χ1n) is 5.28. The van der Waals surface area contributed by atoms with E-state index in [9.17, 15) is 13.2 Å². The minimum atomic E-state index is -4.56. The van der Waals surface area contributed by atoms with E-state index in [1.807, 2.05) is 0 Å². The van der Waals surface area contributed by atoms with E-state index in [2.05, 4.69) is 10.0 Å². The van der Waals surface area contributed by atoms with Crippen LogP contribution in [0.3, 0.4) is 0 Å². The van der Waals surface area contributed by atoms with Crippen molar-refractivity contribution in [1.82, 2.24) is 0 Å². The summed E-state index contributed by atoms with van der Waals surface area (Å²) < 4.78 is 38.0. The molecule has 1 aromatic carbocycles. The van der Waals surface area contributed by atoms with Crippen LogP contribution in [0.4, 0.5) is 13.2 Å². The highest BCUT2D eigenvalue weighted by Crippen LogP contribution is 2.32. The molecule has 0 aliphatic rings. The predicted molar refractivity (Wildman–Crippen MR) is 63.8 cm³/mol. The van der Waals surface area contributed by atoms with Crippen LogP contribution >= 0.6 is 0 Å². The van der Waals surface area contributed by atoms with Crippen molar-refractivity contribution in [3.8, 4) is 6.07 Å². The molecule has 0 heterocycles. The first-order chi connectivity index (χ1) is 8.99. The van der Waals surface area contributed by atoms with E-state index in [0.717, 1.165) is 12.1 Å². The van der Waals surface area contributed by atoms with Crippen molar-refractivity contribution in [2.45, 2.75) is 12.6 Å². The highest BCUT2D eigenvalue weighted by Gasteiger charge is 2.33. The van der Waals surface area contributed by atoms with E-state index < -0.39 is 17.3 Å². The van der Waals surface area contributed by atoms with E-state index >= 15 is 0 Å². The topological polar surface area (TPSA) is 72.5 Å². The van der Waals surface area contributed by atoms with Crippen molar-refractivity contribution in [3.05, 3.63) is 51.4 Å². The predicted octanol–water partition coefficient (Wildman–Crippen LogP) is 4.29. The molecule has 7 heteroatoms. The van der Waals surface area contributed by atoms with Crippen LogP contribution in [0.1, 0.15) is 23.1 Å². The van der Waals surface area contributed by atoms with Gasteiger partial charge in [-0.25, -0.2) is 0 Å². The second-order valence-corrected chi connectivity index (χ2v) is 3.56. The minimum absolute atomic E-state index is 0.245. The normalized spacial score (nSPS) is 11.1. The van der Waals surface area contributed by atoms with Gasteiger partial charge in [0.2, 0.25) is 0 Å². The maximum atomic E-state index is 12.7. The summed E-state index contributed by atoms with van der Waals surface area (Å²) >= 11 is 0. The fourth-order valence-corrected chi connectivity index (χ4v) is 1.39. The Labute approximate surface area is 107 Å². The molecule has 0 saturated heterocycles. The second-order valence-electron chi connectivity index (χ2n) is 3.56. The lowest BCUT2D eigenvalue weighted by atomic mass is 10.0. The average Bonchev–Trinajstić information content (AvgIpc) is 2.37. The summed E-state index contributed by atoms with van der Waals surface area (Å²) in [6.07, 6.45) is -1.02. The van der Waals surface area contributed by atoms with Crippen LogP contribution in [0.2, 0.25) is 0 Å². The minimum Gasteiger partial charge on any atom is -0.192 e. The quantitative estimate of drug-likeness (QED) is 0.346. The van der Waals surface area contributed by atoms with Gasteiger partial charge in [-0.05, 0) is 29.6 Å². The first kappa shape index (κ1) is 14.6. The molecule has 4 nitrogen and oxygen atoms in total. The number of halogens is 3. The number of benzene rings is 1. The van der Waals surface area contributed by atoms with Gasteiger partial charge in [0.15, 0.2) is 0 Å². The van der Waals surface area contributed by atoms with Crippen molar-refractivity contribution < 1.29 is 13.2 Å². The number of nitriles is 1. The van der Waals surface area contributed by atoms with Gasteiger partial charge in [-0.1, -0.05) is 23.3 Å². The molecule has 0 aliphatic heterocycles. The van der Waals surface area contributed by atoms with E-state index in [1.54, 1.807) is 6.08 Å². The summed E-state index contributed by atoms with van der Waals surface area (Å²) in [7, 11) is 0. The molecule has 0 saturated carbocycles. The van der Waals surface area contributed by atoms with E-state index in [1.165, 1.54) is 18.2 Å². The van der Waals surface area contributed by atoms with Crippen LogP contribution in [0.5, 0.6) is 0 Å². The van der Waals surface area contributed by atoms with Crippen molar-refractivity contribution in [2.75, 3.05) is 6.54 Å². The highest BCUT2D eigenvalue weighted by molar-refractivity contribution is 5.54.